The van der Waals surface area contributed by atoms with Crippen LogP contribution in [0, 0.1) is 10.1 Å². The zero-order valence-corrected chi connectivity index (χ0v) is 14.3. The molecule has 2 rings (SSSR count). The molecule has 1 N–H and O–H groups in total. The Morgan fingerprint density at radius 3 is 2.48 bits per heavy atom. The third kappa shape index (κ3) is 6.63. The van der Waals surface area contributed by atoms with Crippen molar-refractivity contribution in [1.82, 2.24) is 5.32 Å². The average Bonchev–Trinajstić information content (AvgIpc) is 2.59. The van der Waals surface area contributed by atoms with Crippen LogP contribution in [0.25, 0.3) is 6.08 Å². The first-order valence-corrected chi connectivity index (χ1v) is 7.76. The molecule has 0 saturated carbocycles. The van der Waals surface area contributed by atoms with Gasteiger partial charge in [-0.1, -0.05) is 29.8 Å². The number of nitro groups is 1. The number of carbonyl (C=O) groups excluding carboxylic acids is 1. The second-order valence-electron chi connectivity index (χ2n) is 5.21. The van der Waals surface area contributed by atoms with Gasteiger partial charge in [-0.25, -0.2) is 0 Å². The van der Waals surface area contributed by atoms with E-state index in [0.29, 0.717) is 11.1 Å². The molecule has 6 nitrogen and oxygen atoms in total. The molecule has 0 heterocycles. The van der Waals surface area contributed by atoms with Gasteiger partial charge in [-0.15, -0.1) is 13.2 Å². The average molecular weight is 401 g/mol. The Kier molecular flexibility index (Phi) is 6.40. The van der Waals surface area contributed by atoms with Gasteiger partial charge in [0.2, 0.25) is 5.91 Å². The van der Waals surface area contributed by atoms with Crippen LogP contribution in [0.3, 0.4) is 0 Å². The summed E-state index contributed by atoms with van der Waals surface area (Å²) >= 11 is 5.70. The van der Waals surface area contributed by atoms with E-state index in [2.05, 4.69) is 10.1 Å². The molecule has 2 aromatic carbocycles. The van der Waals surface area contributed by atoms with Crippen LogP contribution in [0.5, 0.6) is 5.75 Å². The van der Waals surface area contributed by atoms with Gasteiger partial charge in [0.15, 0.2) is 0 Å². The fourth-order valence-electron chi connectivity index (χ4n) is 2.00. The lowest BCUT2D eigenvalue weighted by molar-refractivity contribution is -0.384. The number of hydrogen-bond acceptors (Lipinski definition) is 4. The number of nitro benzene ring substituents is 1. The lowest BCUT2D eigenvalue weighted by Gasteiger charge is -2.09. The number of hydrogen-bond donors (Lipinski definition) is 1. The molecule has 0 atom stereocenters. The second kappa shape index (κ2) is 8.54. The van der Waals surface area contributed by atoms with E-state index >= 15 is 0 Å². The van der Waals surface area contributed by atoms with Crippen molar-refractivity contribution < 1.29 is 27.6 Å². The van der Waals surface area contributed by atoms with Gasteiger partial charge in [-0.05, 0) is 35.4 Å². The fraction of sp³-hybridized carbons (Fsp3) is 0.118. The summed E-state index contributed by atoms with van der Waals surface area (Å²) in [6, 6.07) is 9.13. The maximum absolute atomic E-state index is 12.1. The van der Waals surface area contributed by atoms with Gasteiger partial charge >= 0.3 is 6.36 Å². The minimum atomic E-state index is -4.77. The lowest BCUT2D eigenvalue weighted by atomic mass is 10.2. The summed E-state index contributed by atoms with van der Waals surface area (Å²) < 4.78 is 40.0. The van der Waals surface area contributed by atoms with Gasteiger partial charge < -0.3 is 10.1 Å². The number of halogens is 4. The SMILES string of the molecule is O=C(/C=C/c1ccc(Cl)c([N+](=O)[O-])c1)NCc1ccc(OC(F)(F)F)cc1. The minimum Gasteiger partial charge on any atom is -0.406 e. The maximum Gasteiger partial charge on any atom is 0.573 e. The molecular weight excluding hydrogens is 389 g/mol. The summed E-state index contributed by atoms with van der Waals surface area (Å²) in [6.07, 6.45) is -2.22. The number of ether oxygens (including phenoxy) is 1. The van der Waals surface area contributed by atoms with E-state index in [1.807, 2.05) is 0 Å². The van der Waals surface area contributed by atoms with Crippen LogP contribution in [-0.4, -0.2) is 17.2 Å². The number of amides is 1. The molecule has 0 radical (unpaired) electrons. The zero-order chi connectivity index (χ0) is 20.0. The molecule has 27 heavy (non-hydrogen) atoms. The van der Waals surface area contributed by atoms with Gasteiger partial charge in [0.05, 0.1) is 4.92 Å². The summed E-state index contributed by atoms with van der Waals surface area (Å²) in [5.74, 6) is -0.843. The van der Waals surface area contributed by atoms with Gasteiger partial charge in [-0.3, -0.25) is 14.9 Å². The lowest BCUT2D eigenvalue weighted by Crippen LogP contribution is -2.20. The largest absolute Gasteiger partial charge is 0.573 e. The van der Waals surface area contributed by atoms with Crippen molar-refractivity contribution in [3.8, 4) is 5.75 Å². The Hall–Kier alpha value is -3.07. The van der Waals surface area contributed by atoms with Crippen molar-refractivity contribution >= 4 is 29.3 Å². The summed E-state index contributed by atoms with van der Waals surface area (Å²) in [6.45, 7) is 0.0796. The van der Waals surface area contributed by atoms with Gasteiger partial charge in [-0.2, -0.15) is 0 Å². The van der Waals surface area contributed by atoms with Crippen LogP contribution < -0.4 is 10.1 Å². The van der Waals surface area contributed by atoms with E-state index in [0.717, 1.165) is 12.1 Å². The first-order valence-electron chi connectivity index (χ1n) is 7.38. The van der Waals surface area contributed by atoms with Crippen molar-refractivity contribution in [2.45, 2.75) is 12.9 Å². The Balaban J connectivity index is 1.92. The Labute approximate surface area is 156 Å². The normalized spacial score (nSPS) is 11.4. The molecule has 0 fully saturated rings. The third-order valence-electron chi connectivity index (χ3n) is 3.22. The highest BCUT2D eigenvalue weighted by atomic mass is 35.5. The van der Waals surface area contributed by atoms with Crippen LogP contribution >= 0.6 is 11.6 Å². The summed E-state index contributed by atoms with van der Waals surface area (Å²) in [5.41, 5.74) is 0.698. The Bertz CT molecular complexity index is 867. The van der Waals surface area contributed by atoms with Crippen molar-refractivity contribution in [2.24, 2.45) is 0 Å². The first kappa shape index (κ1) is 20.2. The highest BCUT2D eigenvalue weighted by Gasteiger charge is 2.30. The monoisotopic (exact) mass is 400 g/mol. The number of nitrogens with one attached hydrogen (secondary N) is 1. The fourth-order valence-corrected chi connectivity index (χ4v) is 2.19. The van der Waals surface area contributed by atoms with Gasteiger partial charge in [0.1, 0.15) is 10.8 Å². The zero-order valence-electron chi connectivity index (χ0n) is 13.5. The second-order valence-corrected chi connectivity index (χ2v) is 5.62. The highest BCUT2D eigenvalue weighted by Crippen LogP contribution is 2.25. The molecule has 142 valence electrons. The van der Waals surface area contributed by atoms with E-state index in [-0.39, 0.29) is 23.0 Å². The molecule has 0 aliphatic heterocycles. The van der Waals surface area contributed by atoms with Crippen LogP contribution in [0.4, 0.5) is 18.9 Å². The van der Waals surface area contributed by atoms with Crippen molar-refractivity contribution in [3.63, 3.8) is 0 Å². The van der Waals surface area contributed by atoms with E-state index in [9.17, 15) is 28.1 Å². The van der Waals surface area contributed by atoms with Crippen LogP contribution in [0.1, 0.15) is 11.1 Å². The molecule has 1 amide bonds. The van der Waals surface area contributed by atoms with Crippen LogP contribution in [0.2, 0.25) is 5.02 Å². The predicted octanol–water partition coefficient (Wildman–Crippen LogP) is 4.48. The third-order valence-corrected chi connectivity index (χ3v) is 3.54. The van der Waals surface area contributed by atoms with Crippen LogP contribution in [-0.2, 0) is 11.3 Å². The maximum atomic E-state index is 12.1. The molecule has 0 unspecified atom stereocenters. The van der Waals surface area contributed by atoms with E-state index in [1.54, 1.807) is 0 Å². The molecule has 2 aromatic rings. The van der Waals surface area contributed by atoms with Crippen LogP contribution in [0.15, 0.2) is 48.5 Å². The Morgan fingerprint density at radius 2 is 1.89 bits per heavy atom. The standard InChI is InChI=1S/C17H12ClF3N2O4/c18-14-7-3-11(9-15(14)23(25)26)4-8-16(24)22-10-12-1-5-13(6-2-12)27-17(19,20)21/h1-9H,10H2,(H,22,24)/b8-4+. The molecule has 0 aliphatic carbocycles. The number of nitrogens with zero attached hydrogens (tertiary/aromatic N) is 1. The quantitative estimate of drug-likeness (QED) is 0.440. The van der Waals surface area contributed by atoms with Crippen molar-refractivity contribution in [3.05, 3.63) is 74.8 Å². The summed E-state index contributed by atoms with van der Waals surface area (Å²) in [7, 11) is 0. The summed E-state index contributed by atoms with van der Waals surface area (Å²) in [4.78, 5) is 22.0. The molecule has 10 heteroatoms. The van der Waals surface area contributed by atoms with E-state index in [1.165, 1.54) is 42.5 Å². The first-order chi connectivity index (χ1) is 12.6. The molecule has 0 spiro atoms. The smallest absolute Gasteiger partial charge is 0.406 e. The molecule has 0 aromatic heterocycles. The molecule has 0 saturated heterocycles. The molecule has 0 aliphatic rings. The number of benzene rings is 2. The Morgan fingerprint density at radius 1 is 1.22 bits per heavy atom. The van der Waals surface area contributed by atoms with E-state index in [4.69, 9.17) is 11.6 Å². The topological polar surface area (TPSA) is 81.5 Å². The van der Waals surface area contributed by atoms with Crippen molar-refractivity contribution in [1.29, 1.82) is 0 Å². The molecular formula is C17H12ClF3N2O4. The number of carbonyl (C=O) groups is 1. The van der Waals surface area contributed by atoms with E-state index < -0.39 is 17.2 Å². The predicted molar refractivity (Wildman–Crippen MR) is 92.1 cm³/mol. The van der Waals surface area contributed by atoms with Crippen molar-refractivity contribution in [2.75, 3.05) is 0 Å². The van der Waals surface area contributed by atoms with Gasteiger partial charge in [0, 0.05) is 18.7 Å². The number of alkyl halides is 3. The summed E-state index contributed by atoms with van der Waals surface area (Å²) in [5, 5.41) is 13.3. The highest BCUT2D eigenvalue weighted by molar-refractivity contribution is 6.32. The minimum absolute atomic E-state index is 0.0143. The van der Waals surface area contributed by atoms with Gasteiger partial charge in [0.25, 0.3) is 5.69 Å². The number of rotatable bonds is 6. The molecule has 0 bridgehead atoms.